The van der Waals surface area contributed by atoms with Crippen LogP contribution in [0.25, 0.3) is 0 Å². The zero-order valence-corrected chi connectivity index (χ0v) is 13.7. The minimum Gasteiger partial charge on any atom is -0.198 e. The molecule has 2 atom stereocenters. The van der Waals surface area contributed by atoms with Gasteiger partial charge in [0.1, 0.15) is 0 Å². The Balaban J connectivity index is 1.75. The summed E-state index contributed by atoms with van der Waals surface area (Å²) < 4.78 is 0. The number of hydrogen-bond acceptors (Lipinski definition) is 1. The highest BCUT2D eigenvalue weighted by Crippen LogP contribution is 2.46. The molecule has 2 rings (SSSR count). The summed E-state index contributed by atoms with van der Waals surface area (Å²) in [6.45, 7) is 4.49. The van der Waals surface area contributed by atoms with Gasteiger partial charge in [0, 0.05) is 0 Å². The summed E-state index contributed by atoms with van der Waals surface area (Å²) in [6, 6.07) is 2.59. The Morgan fingerprint density at radius 1 is 1.05 bits per heavy atom. The fourth-order valence-electron chi connectivity index (χ4n) is 4.67. The van der Waals surface area contributed by atoms with Crippen molar-refractivity contribution >= 4 is 0 Å². The van der Waals surface area contributed by atoms with Crippen LogP contribution in [0.3, 0.4) is 0 Å². The van der Waals surface area contributed by atoms with Gasteiger partial charge >= 0.3 is 0 Å². The molecular formula is C19H33N. The molecule has 0 aliphatic heterocycles. The summed E-state index contributed by atoms with van der Waals surface area (Å²) in [7, 11) is 0. The molecule has 0 radical (unpaired) electrons. The molecule has 0 aromatic carbocycles. The SMILES string of the molecule is CCCCCC1CCC(C2CCCC(C)(C#N)C2)CC1. The molecule has 2 saturated carbocycles. The first kappa shape index (κ1) is 15.9. The summed E-state index contributed by atoms with van der Waals surface area (Å²) >= 11 is 0. The van der Waals surface area contributed by atoms with Gasteiger partial charge in [-0.1, -0.05) is 58.3 Å². The Labute approximate surface area is 126 Å². The Hall–Kier alpha value is -0.510. The second-order valence-corrected chi connectivity index (χ2v) is 7.81. The van der Waals surface area contributed by atoms with E-state index in [2.05, 4.69) is 19.9 Å². The van der Waals surface area contributed by atoms with Crippen LogP contribution < -0.4 is 0 Å². The van der Waals surface area contributed by atoms with E-state index < -0.39 is 0 Å². The highest BCUT2D eigenvalue weighted by Gasteiger charge is 2.36. The van der Waals surface area contributed by atoms with Crippen molar-refractivity contribution in [2.75, 3.05) is 0 Å². The third-order valence-corrected chi connectivity index (χ3v) is 6.06. The summed E-state index contributed by atoms with van der Waals surface area (Å²) in [5, 5.41) is 9.38. The van der Waals surface area contributed by atoms with E-state index in [4.69, 9.17) is 0 Å². The molecule has 1 nitrogen and oxygen atoms in total. The van der Waals surface area contributed by atoms with Crippen molar-refractivity contribution in [3.63, 3.8) is 0 Å². The third-order valence-electron chi connectivity index (χ3n) is 6.06. The van der Waals surface area contributed by atoms with Gasteiger partial charge in [0.25, 0.3) is 0 Å². The van der Waals surface area contributed by atoms with Gasteiger partial charge in [0.2, 0.25) is 0 Å². The molecular weight excluding hydrogens is 242 g/mol. The van der Waals surface area contributed by atoms with Crippen LogP contribution in [0.15, 0.2) is 0 Å². The van der Waals surface area contributed by atoms with Crippen molar-refractivity contribution in [2.45, 2.75) is 90.9 Å². The standard InChI is InChI=1S/C19H33N/c1-3-4-5-7-16-9-11-17(12-10-16)18-8-6-13-19(2,14-18)15-20/h16-18H,3-14H2,1-2H3. The molecule has 2 aliphatic rings. The normalized spacial score (nSPS) is 38.4. The van der Waals surface area contributed by atoms with Gasteiger partial charge in [-0.05, 0) is 50.4 Å². The average Bonchev–Trinajstić information content (AvgIpc) is 2.48. The summed E-state index contributed by atoms with van der Waals surface area (Å²) in [4.78, 5) is 0. The van der Waals surface area contributed by atoms with E-state index in [1.54, 1.807) is 0 Å². The van der Waals surface area contributed by atoms with E-state index in [9.17, 15) is 5.26 Å². The zero-order valence-electron chi connectivity index (χ0n) is 13.7. The van der Waals surface area contributed by atoms with Crippen LogP contribution in [0, 0.1) is 34.5 Å². The van der Waals surface area contributed by atoms with E-state index in [1.807, 2.05) is 0 Å². The average molecular weight is 275 g/mol. The lowest BCUT2D eigenvalue weighted by molar-refractivity contribution is 0.117. The first-order chi connectivity index (χ1) is 9.67. The highest BCUT2D eigenvalue weighted by atomic mass is 14.4. The van der Waals surface area contributed by atoms with Crippen LogP contribution in [-0.2, 0) is 0 Å². The Bertz CT molecular complexity index is 321. The monoisotopic (exact) mass is 275 g/mol. The molecule has 0 bridgehead atoms. The van der Waals surface area contributed by atoms with Crippen molar-refractivity contribution in [1.82, 2.24) is 0 Å². The van der Waals surface area contributed by atoms with Crippen LogP contribution in [0.1, 0.15) is 90.9 Å². The van der Waals surface area contributed by atoms with Crippen molar-refractivity contribution in [2.24, 2.45) is 23.2 Å². The molecule has 2 aliphatic carbocycles. The van der Waals surface area contributed by atoms with E-state index in [-0.39, 0.29) is 5.41 Å². The maximum absolute atomic E-state index is 9.38. The molecule has 0 N–H and O–H groups in total. The Morgan fingerprint density at radius 2 is 1.80 bits per heavy atom. The fraction of sp³-hybridized carbons (Fsp3) is 0.947. The van der Waals surface area contributed by atoms with E-state index in [1.165, 1.54) is 70.6 Å². The van der Waals surface area contributed by atoms with E-state index in [0.29, 0.717) is 0 Å². The Kier molecular flexibility index (Phi) is 5.94. The molecule has 20 heavy (non-hydrogen) atoms. The topological polar surface area (TPSA) is 23.8 Å². The maximum atomic E-state index is 9.38. The number of rotatable bonds is 5. The minimum atomic E-state index is -0.0130. The molecule has 0 saturated heterocycles. The summed E-state index contributed by atoms with van der Waals surface area (Å²) in [5.74, 6) is 2.80. The number of nitrogens with zero attached hydrogens (tertiary/aromatic N) is 1. The summed E-state index contributed by atoms with van der Waals surface area (Å²) in [5.41, 5.74) is -0.0130. The molecule has 0 heterocycles. The van der Waals surface area contributed by atoms with Crippen LogP contribution in [-0.4, -0.2) is 0 Å². The van der Waals surface area contributed by atoms with Gasteiger partial charge in [-0.25, -0.2) is 0 Å². The molecule has 2 unspecified atom stereocenters. The maximum Gasteiger partial charge on any atom is 0.0686 e. The van der Waals surface area contributed by atoms with Gasteiger partial charge in [0.15, 0.2) is 0 Å². The Morgan fingerprint density at radius 3 is 2.45 bits per heavy atom. The third kappa shape index (κ3) is 4.24. The number of hydrogen-bond donors (Lipinski definition) is 0. The smallest absolute Gasteiger partial charge is 0.0686 e. The van der Waals surface area contributed by atoms with Gasteiger partial charge in [-0.15, -0.1) is 0 Å². The second-order valence-electron chi connectivity index (χ2n) is 7.81. The van der Waals surface area contributed by atoms with Crippen molar-refractivity contribution in [3.8, 4) is 6.07 Å². The molecule has 0 aromatic heterocycles. The summed E-state index contributed by atoms with van der Waals surface area (Å²) in [6.07, 6.45) is 16.5. The van der Waals surface area contributed by atoms with Crippen LogP contribution in [0.5, 0.6) is 0 Å². The van der Waals surface area contributed by atoms with E-state index in [0.717, 1.165) is 24.2 Å². The molecule has 0 aromatic rings. The van der Waals surface area contributed by atoms with Crippen LogP contribution in [0.2, 0.25) is 0 Å². The lowest BCUT2D eigenvalue weighted by Gasteiger charge is -2.40. The van der Waals surface area contributed by atoms with Gasteiger partial charge in [0.05, 0.1) is 11.5 Å². The molecule has 0 amide bonds. The molecule has 114 valence electrons. The molecule has 1 heteroatoms. The number of unbranched alkanes of at least 4 members (excludes halogenated alkanes) is 2. The number of nitriles is 1. The minimum absolute atomic E-state index is 0.0130. The van der Waals surface area contributed by atoms with Crippen LogP contribution >= 0.6 is 0 Å². The predicted octanol–water partition coefficient (Wildman–Crippen LogP) is 6.09. The van der Waals surface area contributed by atoms with Crippen molar-refractivity contribution in [3.05, 3.63) is 0 Å². The first-order valence-electron chi connectivity index (χ1n) is 9.08. The highest BCUT2D eigenvalue weighted by molar-refractivity contribution is 5.00. The lowest BCUT2D eigenvalue weighted by Crippen LogP contribution is -2.30. The quantitative estimate of drug-likeness (QED) is 0.557. The van der Waals surface area contributed by atoms with Crippen molar-refractivity contribution in [1.29, 1.82) is 5.26 Å². The second kappa shape index (κ2) is 7.48. The lowest BCUT2D eigenvalue weighted by atomic mass is 9.64. The predicted molar refractivity (Wildman–Crippen MR) is 85.3 cm³/mol. The largest absolute Gasteiger partial charge is 0.198 e. The fourth-order valence-corrected chi connectivity index (χ4v) is 4.67. The van der Waals surface area contributed by atoms with Gasteiger partial charge in [-0.3, -0.25) is 0 Å². The van der Waals surface area contributed by atoms with E-state index >= 15 is 0 Å². The molecule has 2 fully saturated rings. The van der Waals surface area contributed by atoms with Crippen molar-refractivity contribution < 1.29 is 0 Å². The zero-order chi connectivity index (χ0) is 14.4. The van der Waals surface area contributed by atoms with Gasteiger partial charge in [-0.2, -0.15) is 5.26 Å². The van der Waals surface area contributed by atoms with Crippen LogP contribution in [0.4, 0.5) is 0 Å². The van der Waals surface area contributed by atoms with Gasteiger partial charge < -0.3 is 0 Å². The first-order valence-corrected chi connectivity index (χ1v) is 9.08. The molecule has 0 spiro atoms.